The van der Waals surface area contributed by atoms with Crippen LogP contribution >= 0.6 is 0 Å². The lowest BCUT2D eigenvalue weighted by molar-refractivity contribution is -0.255. The maximum Gasteiger partial charge on any atom is 0.417 e. The number of carbonyl (C=O) groups is 2. The lowest BCUT2D eigenvalue weighted by Crippen LogP contribution is -2.25. The maximum atomic E-state index is 13.1. The Kier molecular flexibility index (Phi) is 4.64. The van der Waals surface area contributed by atoms with E-state index < -0.39 is 29.1 Å². The van der Waals surface area contributed by atoms with E-state index >= 15 is 0 Å². The van der Waals surface area contributed by atoms with E-state index in [1.54, 1.807) is 0 Å². The average Bonchev–Trinajstić information content (AvgIpc) is 2.52. The van der Waals surface area contributed by atoms with Crippen LogP contribution < -0.4 is 9.84 Å². The van der Waals surface area contributed by atoms with E-state index in [9.17, 15) is 27.9 Å². The third kappa shape index (κ3) is 3.10. The Morgan fingerprint density at radius 2 is 1.67 bits per heavy atom. The molecule has 0 aliphatic carbocycles. The van der Waals surface area contributed by atoms with Gasteiger partial charge in [0.15, 0.2) is 5.78 Å². The second kappa shape index (κ2) is 6.35. The molecule has 0 unspecified atom stereocenters. The van der Waals surface area contributed by atoms with Crippen LogP contribution in [0, 0.1) is 6.92 Å². The molecule has 0 heterocycles. The Bertz CT molecular complexity index is 810. The van der Waals surface area contributed by atoms with Gasteiger partial charge in [0, 0.05) is 16.7 Å². The van der Waals surface area contributed by atoms with Crippen LogP contribution in [0.2, 0.25) is 0 Å². The summed E-state index contributed by atoms with van der Waals surface area (Å²) in [7, 11) is 1.24. The zero-order valence-corrected chi connectivity index (χ0v) is 12.7. The minimum absolute atomic E-state index is 0.0173. The zero-order valence-electron chi connectivity index (χ0n) is 12.7. The summed E-state index contributed by atoms with van der Waals surface area (Å²) in [6.45, 7) is 1.32. The van der Waals surface area contributed by atoms with Crippen molar-refractivity contribution >= 4 is 11.8 Å². The first kappa shape index (κ1) is 17.5. The number of benzene rings is 2. The molecule has 0 saturated carbocycles. The number of hydrogen-bond acceptors (Lipinski definition) is 4. The molecule has 2 rings (SSSR count). The second-order valence-corrected chi connectivity index (χ2v) is 4.98. The Morgan fingerprint density at radius 1 is 1.04 bits per heavy atom. The largest absolute Gasteiger partial charge is 0.545 e. The number of ether oxygens (including phenoxy) is 1. The lowest BCUT2D eigenvalue weighted by Gasteiger charge is -2.17. The van der Waals surface area contributed by atoms with Gasteiger partial charge in [-0.15, -0.1) is 0 Å². The summed E-state index contributed by atoms with van der Waals surface area (Å²) in [5.41, 5.74) is -2.18. The highest BCUT2D eigenvalue weighted by atomic mass is 19.4. The monoisotopic (exact) mass is 337 g/mol. The predicted molar refractivity (Wildman–Crippen MR) is 76.9 cm³/mol. The number of rotatable bonds is 4. The number of carboxylic acid groups (broad SMARTS) is 1. The number of methoxy groups -OCH3 is 1. The zero-order chi connectivity index (χ0) is 18.1. The topological polar surface area (TPSA) is 66.4 Å². The molecule has 2 aromatic carbocycles. The van der Waals surface area contributed by atoms with Gasteiger partial charge in [-0.05, 0) is 30.7 Å². The highest BCUT2D eigenvalue weighted by Crippen LogP contribution is 2.34. The summed E-state index contributed by atoms with van der Waals surface area (Å²) in [5, 5.41) is 11.3. The summed E-state index contributed by atoms with van der Waals surface area (Å²) < 4.78 is 44.1. The first-order valence-electron chi connectivity index (χ1n) is 6.78. The molecule has 0 spiro atoms. The summed E-state index contributed by atoms with van der Waals surface area (Å²) in [6, 6.07) is 6.77. The number of carboxylic acids is 1. The molecule has 0 amide bonds. The summed E-state index contributed by atoms with van der Waals surface area (Å²) >= 11 is 0. The van der Waals surface area contributed by atoms with Crippen LogP contribution in [0.25, 0.3) is 0 Å². The van der Waals surface area contributed by atoms with Gasteiger partial charge in [0.25, 0.3) is 0 Å². The van der Waals surface area contributed by atoms with Crippen molar-refractivity contribution in [3.05, 3.63) is 64.2 Å². The minimum atomic E-state index is -4.70. The molecule has 0 fully saturated rings. The molecule has 0 aromatic heterocycles. The van der Waals surface area contributed by atoms with E-state index in [0.29, 0.717) is 0 Å². The van der Waals surface area contributed by atoms with Crippen molar-refractivity contribution in [2.45, 2.75) is 13.1 Å². The van der Waals surface area contributed by atoms with Crippen molar-refractivity contribution in [2.75, 3.05) is 7.11 Å². The summed E-state index contributed by atoms with van der Waals surface area (Å²) in [6.07, 6.45) is -4.70. The van der Waals surface area contributed by atoms with Crippen molar-refractivity contribution in [3.63, 3.8) is 0 Å². The van der Waals surface area contributed by atoms with Gasteiger partial charge in [0.2, 0.25) is 0 Å². The van der Waals surface area contributed by atoms with Crippen molar-refractivity contribution in [1.29, 1.82) is 0 Å². The Hall–Kier alpha value is -2.83. The van der Waals surface area contributed by atoms with Gasteiger partial charge < -0.3 is 14.6 Å². The number of halogens is 3. The molecule has 0 radical (unpaired) electrons. The maximum absolute atomic E-state index is 13.1. The van der Waals surface area contributed by atoms with Gasteiger partial charge in [0.1, 0.15) is 5.75 Å². The quantitative estimate of drug-likeness (QED) is 0.805. The summed E-state index contributed by atoms with van der Waals surface area (Å²) in [4.78, 5) is 23.8. The Labute approximate surface area is 135 Å². The van der Waals surface area contributed by atoms with Crippen molar-refractivity contribution in [1.82, 2.24) is 0 Å². The van der Waals surface area contributed by atoms with Crippen LogP contribution in [0.4, 0.5) is 13.2 Å². The summed E-state index contributed by atoms with van der Waals surface area (Å²) in [5.74, 6) is -2.54. The average molecular weight is 337 g/mol. The normalized spacial score (nSPS) is 11.2. The fraction of sp³-hybridized carbons (Fsp3) is 0.176. The second-order valence-electron chi connectivity index (χ2n) is 4.98. The minimum Gasteiger partial charge on any atom is -0.545 e. The molecule has 0 aliphatic heterocycles. The van der Waals surface area contributed by atoms with Crippen molar-refractivity contribution in [3.8, 4) is 5.75 Å². The predicted octanol–water partition coefficient (Wildman–Crippen LogP) is 2.62. The molecule has 24 heavy (non-hydrogen) atoms. The van der Waals surface area contributed by atoms with Gasteiger partial charge in [-0.25, -0.2) is 0 Å². The number of carbonyl (C=O) groups excluding carboxylic acids is 2. The van der Waals surface area contributed by atoms with E-state index in [4.69, 9.17) is 4.74 Å². The number of hydrogen-bond donors (Lipinski definition) is 0. The molecule has 0 N–H and O–H groups in total. The van der Waals surface area contributed by atoms with Crippen molar-refractivity contribution in [2.24, 2.45) is 0 Å². The van der Waals surface area contributed by atoms with Crippen LogP contribution in [0.15, 0.2) is 36.4 Å². The molecule has 0 saturated heterocycles. The Balaban J connectivity index is 2.65. The van der Waals surface area contributed by atoms with E-state index in [-0.39, 0.29) is 22.4 Å². The SMILES string of the molecule is COc1ccc(C(=O)c2ccccc2C(F)(F)F)c(C)c1C(=O)[O-]. The molecule has 7 heteroatoms. The molecule has 0 atom stereocenters. The van der Waals surface area contributed by atoms with Crippen molar-refractivity contribution < 1.29 is 32.6 Å². The van der Waals surface area contributed by atoms with Gasteiger partial charge in [-0.1, -0.05) is 18.2 Å². The van der Waals surface area contributed by atoms with Gasteiger partial charge in [-0.2, -0.15) is 13.2 Å². The van der Waals surface area contributed by atoms with Crippen LogP contribution in [-0.4, -0.2) is 18.9 Å². The van der Waals surface area contributed by atoms with Crippen LogP contribution in [0.1, 0.15) is 37.4 Å². The molecule has 0 aliphatic rings. The molecular weight excluding hydrogens is 325 g/mol. The van der Waals surface area contributed by atoms with Gasteiger partial charge in [-0.3, -0.25) is 4.79 Å². The first-order chi connectivity index (χ1) is 11.2. The lowest BCUT2D eigenvalue weighted by atomic mass is 9.92. The van der Waals surface area contributed by atoms with Crippen LogP contribution in [0.5, 0.6) is 5.75 Å². The van der Waals surface area contributed by atoms with E-state index in [2.05, 4.69) is 0 Å². The molecule has 4 nitrogen and oxygen atoms in total. The third-order valence-electron chi connectivity index (χ3n) is 3.57. The fourth-order valence-electron chi connectivity index (χ4n) is 2.43. The first-order valence-corrected chi connectivity index (χ1v) is 6.78. The van der Waals surface area contributed by atoms with E-state index in [1.807, 2.05) is 0 Å². The molecule has 126 valence electrons. The molecule has 0 bridgehead atoms. The number of aromatic carboxylic acids is 1. The fourth-order valence-corrected chi connectivity index (χ4v) is 2.43. The van der Waals surface area contributed by atoms with Crippen LogP contribution in [0.3, 0.4) is 0 Å². The smallest absolute Gasteiger partial charge is 0.417 e. The highest BCUT2D eigenvalue weighted by molar-refractivity contribution is 6.12. The molecule has 2 aromatic rings. The van der Waals surface area contributed by atoms with E-state index in [0.717, 1.165) is 12.1 Å². The number of alkyl halides is 3. The molecular formula is C17H12F3O4-. The number of ketones is 1. The van der Waals surface area contributed by atoms with Gasteiger partial charge in [0.05, 0.1) is 18.6 Å². The van der Waals surface area contributed by atoms with Gasteiger partial charge >= 0.3 is 6.18 Å². The highest BCUT2D eigenvalue weighted by Gasteiger charge is 2.35. The Morgan fingerprint density at radius 3 is 2.21 bits per heavy atom. The van der Waals surface area contributed by atoms with E-state index in [1.165, 1.54) is 38.3 Å². The van der Waals surface area contributed by atoms with Crippen LogP contribution in [-0.2, 0) is 6.18 Å². The standard InChI is InChI=1S/C17H13F3O4/c1-9-10(7-8-13(24-2)14(9)16(22)23)15(21)11-5-3-4-6-12(11)17(18,19)20/h3-8H,1-2H3,(H,22,23)/p-1. The third-order valence-corrected chi connectivity index (χ3v) is 3.57.